The summed E-state index contributed by atoms with van der Waals surface area (Å²) in [6.45, 7) is 3.51. The van der Waals surface area contributed by atoms with Gasteiger partial charge >= 0.3 is 5.97 Å². The second-order valence-electron chi connectivity index (χ2n) is 3.01. The molecule has 1 aromatic rings. The zero-order valence-electron chi connectivity index (χ0n) is 7.68. The molecule has 1 rings (SSSR count). The Labute approximate surface area is 82.3 Å². The third-order valence-electron chi connectivity index (χ3n) is 2.00. The van der Waals surface area contributed by atoms with Crippen molar-refractivity contribution in [1.29, 1.82) is 0 Å². The van der Waals surface area contributed by atoms with Crippen LogP contribution in [-0.2, 0) is 4.79 Å². The molecule has 2 N–H and O–H groups in total. The lowest BCUT2D eigenvalue weighted by Gasteiger charge is -2.09. The lowest BCUT2D eigenvalue weighted by molar-refractivity contribution is -0.138. The molecule has 0 aliphatic rings. The van der Waals surface area contributed by atoms with E-state index in [9.17, 15) is 4.79 Å². The fourth-order valence-corrected chi connectivity index (χ4v) is 1.25. The fraction of sp³-hybridized carbons (Fsp3) is 0.182. The van der Waals surface area contributed by atoms with Crippen LogP contribution in [0.25, 0.3) is 0 Å². The van der Waals surface area contributed by atoms with Crippen LogP contribution in [0.5, 0.6) is 5.75 Å². The molecule has 1 atom stereocenters. The Hall–Kier alpha value is -1.77. The van der Waals surface area contributed by atoms with Gasteiger partial charge in [0, 0.05) is 0 Å². The first-order valence-corrected chi connectivity index (χ1v) is 4.27. The number of phenols is 1. The highest BCUT2D eigenvalue weighted by atomic mass is 16.4. The summed E-state index contributed by atoms with van der Waals surface area (Å²) in [5.74, 6) is -1.32. The number of allylic oxidation sites excluding steroid dienone is 1. The van der Waals surface area contributed by atoms with Crippen molar-refractivity contribution in [2.24, 2.45) is 0 Å². The average molecular weight is 192 g/mol. The Morgan fingerprint density at radius 1 is 1.43 bits per heavy atom. The van der Waals surface area contributed by atoms with E-state index in [1.165, 1.54) is 12.1 Å². The second kappa shape index (κ2) is 4.46. The molecule has 0 aliphatic carbocycles. The number of aliphatic carboxylic acids is 1. The number of rotatable bonds is 4. The zero-order chi connectivity index (χ0) is 10.6. The SMILES string of the molecule is C=CCC(C(=O)O)c1ccc(O)cc1. The summed E-state index contributed by atoms with van der Waals surface area (Å²) >= 11 is 0. The topological polar surface area (TPSA) is 57.5 Å². The summed E-state index contributed by atoms with van der Waals surface area (Å²) in [6.07, 6.45) is 1.96. The molecule has 0 heterocycles. The van der Waals surface area contributed by atoms with E-state index in [1.807, 2.05) is 0 Å². The number of aromatic hydroxyl groups is 1. The minimum Gasteiger partial charge on any atom is -0.508 e. The molecule has 3 nitrogen and oxygen atoms in total. The third kappa shape index (κ3) is 2.36. The van der Waals surface area contributed by atoms with Gasteiger partial charge in [-0.05, 0) is 24.1 Å². The van der Waals surface area contributed by atoms with Crippen LogP contribution in [-0.4, -0.2) is 16.2 Å². The van der Waals surface area contributed by atoms with E-state index in [-0.39, 0.29) is 5.75 Å². The average Bonchev–Trinajstić information content (AvgIpc) is 2.15. The van der Waals surface area contributed by atoms with Gasteiger partial charge in [-0.3, -0.25) is 4.79 Å². The first kappa shape index (κ1) is 10.3. The summed E-state index contributed by atoms with van der Waals surface area (Å²) in [6, 6.07) is 6.18. The number of carboxylic acids is 1. The molecule has 0 aromatic heterocycles. The van der Waals surface area contributed by atoms with E-state index in [2.05, 4.69) is 6.58 Å². The fourth-order valence-electron chi connectivity index (χ4n) is 1.25. The number of carbonyl (C=O) groups is 1. The van der Waals surface area contributed by atoms with E-state index in [4.69, 9.17) is 10.2 Å². The van der Waals surface area contributed by atoms with E-state index in [0.29, 0.717) is 12.0 Å². The largest absolute Gasteiger partial charge is 0.508 e. The van der Waals surface area contributed by atoms with E-state index >= 15 is 0 Å². The molecule has 74 valence electrons. The lowest BCUT2D eigenvalue weighted by Crippen LogP contribution is -2.10. The van der Waals surface area contributed by atoms with E-state index < -0.39 is 11.9 Å². The minimum absolute atomic E-state index is 0.136. The first-order valence-electron chi connectivity index (χ1n) is 4.27. The van der Waals surface area contributed by atoms with E-state index in [1.54, 1.807) is 18.2 Å². The second-order valence-corrected chi connectivity index (χ2v) is 3.01. The summed E-state index contributed by atoms with van der Waals surface area (Å²) in [4.78, 5) is 10.9. The molecule has 0 amide bonds. The van der Waals surface area contributed by atoms with Gasteiger partial charge in [-0.2, -0.15) is 0 Å². The number of carboxylic acid groups (broad SMARTS) is 1. The van der Waals surface area contributed by atoms with Crippen molar-refractivity contribution in [2.45, 2.75) is 12.3 Å². The molecule has 1 aromatic carbocycles. The van der Waals surface area contributed by atoms with Crippen LogP contribution in [0.3, 0.4) is 0 Å². The van der Waals surface area contributed by atoms with Gasteiger partial charge in [0.2, 0.25) is 0 Å². The van der Waals surface area contributed by atoms with Crippen molar-refractivity contribution in [3.8, 4) is 5.75 Å². The van der Waals surface area contributed by atoms with Crippen LogP contribution in [0.2, 0.25) is 0 Å². The predicted octanol–water partition coefficient (Wildman–Crippen LogP) is 2.14. The van der Waals surface area contributed by atoms with Crippen LogP contribution < -0.4 is 0 Å². The molecule has 0 saturated heterocycles. The normalized spacial score (nSPS) is 12.0. The number of hydrogen-bond acceptors (Lipinski definition) is 2. The maximum atomic E-state index is 10.9. The van der Waals surface area contributed by atoms with Crippen molar-refractivity contribution in [3.05, 3.63) is 42.5 Å². The molecule has 0 bridgehead atoms. The Morgan fingerprint density at radius 3 is 2.43 bits per heavy atom. The van der Waals surface area contributed by atoms with Crippen LogP contribution in [0.4, 0.5) is 0 Å². The van der Waals surface area contributed by atoms with Crippen LogP contribution in [0, 0.1) is 0 Å². The third-order valence-corrected chi connectivity index (χ3v) is 2.00. The predicted molar refractivity (Wildman–Crippen MR) is 53.3 cm³/mol. The van der Waals surface area contributed by atoms with Gasteiger partial charge in [0.15, 0.2) is 0 Å². The van der Waals surface area contributed by atoms with E-state index in [0.717, 1.165) is 0 Å². The standard InChI is InChI=1S/C11H12O3/c1-2-3-10(11(13)14)8-4-6-9(12)7-5-8/h2,4-7,10,12H,1,3H2,(H,13,14). The monoisotopic (exact) mass is 192 g/mol. The molecular weight excluding hydrogens is 180 g/mol. The Kier molecular flexibility index (Phi) is 3.29. The molecule has 1 unspecified atom stereocenters. The maximum absolute atomic E-state index is 10.9. The smallest absolute Gasteiger partial charge is 0.311 e. The molecular formula is C11H12O3. The number of benzene rings is 1. The summed E-state index contributed by atoms with van der Waals surface area (Å²) in [5.41, 5.74) is 0.676. The number of hydrogen-bond donors (Lipinski definition) is 2. The molecule has 0 aliphatic heterocycles. The molecule has 0 saturated carbocycles. The zero-order valence-corrected chi connectivity index (χ0v) is 7.68. The molecule has 14 heavy (non-hydrogen) atoms. The van der Waals surface area contributed by atoms with Gasteiger partial charge in [0.1, 0.15) is 5.75 Å². The maximum Gasteiger partial charge on any atom is 0.311 e. The van der Waals surface area contributed by atoms with Gasteiger partial charge in [0.25, 0.3) is 0 Å². The molecule has 0 fully saturated rings. The Morgan fingerprint density at radius 2 is 2.00 bits per heavy atom. The highest BCUT2D eigenvalue weighted by Crippen LogP contribution is 2.22. The van der Waals surface area contributed by atoms with Gasteiger partial charge in [-0.1, -0.05) is 18.2 Å². The van der Waals surface area contributed by atoms with Crippen molar-refractivity contribution in [2.75, 3.05) is 0 Å². The van der Waals surface area contributed by atoms with Crippen LogP contribution >= 0.6 is 0 Å². The van der Waals surface area contributed by atoms with Gasteiger partial charge in [-0.25, -0.2) is 0 Å². The van der Waals surface area contributed by atoms with Crippen LogP contribution in [0.1, 0.15) is 17.9 Å². The summed E-state index contributed by atoms with van der Waals surface area (Å²) in [5, 5.41) is 18.0. The van der Waals surface area contributed by atoms with Gasteiger partial charge < -0.3 is 10.2 Å². The molecule has 3 heteroatoms. The summed E-state index contributed by atoms with van der Waals surface area (Å²) in [7, 11) is 0. The summed E-state index contributed by atoms with van der Waals surface area (Å²) < 4.78 is 0. The Balaban J connectivity index is 2.93. The van der Waals surface area contributed by atoms with Crippen molar-refractivity contribution in [1.82, 2.24) is 0 Å². The quantitative estimate of drug-likeness (QED) is 0.718. The number of phenolic OH excluding ortho intramolecular Hbond substituents is 1. The van der Waals surface area contributed by atoms with Crippen molar-refractivity contribution < 1.29 is 15.0 Å². The highest BCUT2D eigenvalue weighted by Gasteiger charge is 2.17. The van der Waals surface area contributed by atoms with Crippen LogP contribution in [0.15, 0.2) is 36.9 Å². The molecule has 0 radical (unpaired) electrons. The highest BCUT2D eigenvalue weighted by molar-refractivity contribution is 5.76. The van der Waals surface area contributed by atoms with Gasteiger partial charge in [0.05, 0.1) is 5.92 Å². The lowest BCUT2D eigenvalue weighted by atomic mass is 9.96. The first-order chi connectivity index (χ1) is 6.65. The minimum atomic E-state index is -0.879. The Bertz CT molecular complexity index is 327. The van der Waals surface area contributed by atoms with Crippen molar-refractivity contribution in [3.63, 3.8) is 0 Å². The molecule has 0 spiro atoms. The van der Waals surface area contributed by atoms with Gasteiger partial charge in [-0.15, -0.1) is 6.58 Å². The van der Waals surface area contributed by atoms with Crippen molar-refractivity contribution >= 4 is 5.97 Å².